The third-order valence-corrected chi connectivity index (χ3v) is 2.15. The van der Waals surface area contributed by atoms with Gasteiger partial charge in [-0.2, -0.15) is 0 Å². The van der Waals surface area contributed by atoms with E-state index in [0.29, 0.717) is 5.92 Å². The highest BCUT2D eigenvalue weighted by Gasteiger charge is 1.99. The summed E-state index contributed by atoms with van der Waals surface area (Å²) in [6, 6.07) is 8.45. The number of hydrogen-bond acceptors (Lipinski definition) is 0. The highest BCUT2D eigenvalue weighted by atomic mass is 14.0. The van der Waals surface area contributed by atoms with Gasteiger partial charge in [0.15, 0.2) is 0 Å². The molecule has 0 radical (unpaired) electrons. The van der Waals surface area contributed by atoms with Crippen LogP contribution in [0.5, 0.6) is 0 Å². The first kappa shape index (κ1) is 10.8. The standard InChI is InChI=1S/C12H12.C2H6/c1-10-6-8-11-4-2-3-5-12(11)9-7-10;1-2/h2-10H,1H3;1-2H3. The van der Waals surface area contributed by atoms with E-state index < -0.39 is 0 Å². The molecule has 0 amide bonds. The lowest BCUT2D eigenvalue weighted by Gasteiger charge is -1.96. The van der Waals surface area contributed by atoms with Gasteiger partial charge in [-0.15, -0.1) is 0 Å². The first-order valence-electron chi connectivity index (χ1n) is 5.32. The van der Waals surface area contributed by atoms with Gasteiger partial charge in [-0.05, 0) is 17.0 Å². The van der Waals surface area contributed by atoms with Crippen molar-refractivity contribution in [2.24, 2.45) is 5.92 Å². The van der Waals surface area contributed by atoms with Crippen LogP contribution in [0.2, 0.25) is 0 Å². The number of hydrogen-bond donors (Lipinski definition) is 0. The van der Waals surface area contributed by atoms with Gasteiger partial charge in [0.2, 0.25) is 0 Å². The molecule has 0 saturated heterocycles. The molecule has 0 saturated carbocycles. The Morgan fingerprint density at radius 3 is 1.71 bits per heavy atom. The van der Waals surface area contributed by atoms with Crippen LogP contribution < -0.4 is 0 Å². The second-order valence-corrected chi connectivity index (χ2v) is 3.21. The summed E-state index contributed by atoms with van der Waals surface area (Å²) in [4.78, 5) is 0. The summed E-state index contributed by atoms with van der Waals surface area (Å²) in [5, 5.41) is 0. The average molecular weight is 186 g/mol. The summed E-state index contributed by atoms with van der Waals surface area (Å²) in [7, 11) is 0. The van der Waals surface area contributed by atoms with Crippen LogP contribution in [0.1, 0.15) is 31.9 Å². The van der Waals surface area contributed by atoms with E-state index in [9.17, 15) is 0 Å². The Morgan fingerprint density at radius 1 is 0.857 bits per heavy atom. The topological polar surface area (TPSA) is 0 Å². The Balaban J connectivity index is 0.000000461. The molecule has 2 rings (SSSR count). The third-order valence-electron chi connectivity index (χ3n) is 2.15. The molecule has 0 unspecified atom stereocenters. The maximum Gasteiger partial charge on any atom is -0.00752 e. The van der Waals surface area contributed by atoms with Gasteiger partial charge in [-0.25, -0.2) is 0 Å². The maximum atomic E-state index is 2.22. The number of benzene rings is 1. The minimum Gasteiger partial charge on any atom is -0.0773 e. The van der Waals surface area contributed by atoms with Crippen molar-refractivity contribution < 1.29 is 0 Å². The Hall–Kier alpha value is -1.30. The number of allylic oxidation sites excluding steroid dienone is 2. The monoisotopic (exact) mass is 186 g/mol. The fourth-order valence-corrected chi connectivity index (χ4v) is 1.39. The third kappa shape index (κ3) is 2.59. The van der Waals surface area contributed by atoms with Gasteiger partial charge in [0.05, 0.1) is 0 Å². The molecule has 0 fully saturated rings. The molecule has 0 N–H and O–H groups in total. The Kier molecular flexibility index (Phi) is 4.18. The van der Waals surface area contributed by atoms with Crippen molar-refractivity contribution in [1.82, 2.24) is 0 Å². The molecule has 1 aromatic carbocycles. The molecule has 0 spiro atoms. The minimum absolute atomic E-state index is 0.553. The molecular weight excluding hydrogens is 168 g/mol. The lowest BCUT2D eigenvalue weighted by Crippen LogP contribution is -1.77. The second kappa shape index (κ2) is 5.43. The van der Waals surface area contributed by atoms with Gasteiger partial charge in [0.25, 0.3) is 0 Å². The molecule has 1 aliphatic carbocycles. The van der Waals surface area contributed by atoms with E-state index in [1.807, 2.05) is 13.8 Å². The van der Waals surface area contributed by atoms with Gasteiger partial charge in [-0.3, -0.25) is 0 Å². The van der Waals surface area contributed by atoms with E-state index in [2.05, 4.69) is 55.5 Å². The van der Waals surface area contributed by atoms with E-state index in [4.69, 9.17) is 0 Å². The van der Waals surface area contributed by atoms with Gasteiger partial charge in [0, 0.05) is 0 Å². The van der Waals surface area contributed by atoms with Gasteiger partial charge >= 0.3 is 0 Å². The van der Waals surface area contributed by atoms with E-state index in [1.165, 1.54) is 11.1 Å². The number of rotatable bonds is 0. The van der Waals surface area contributed by atoms with E-state index >= 15 is 0 Å². The van der Waals surface area contributed by atoms with Crippen LogP contribution in [0.25, 0.3) is 12.2 Å². The molecule has 1 aliphatic rings. The van der Waals surface area contributed by atoms with Crippen molar-refractivity contribution in [1.29, 1.82) is 0 Å². The highest BCUT2D eigenvalue weighted by molar-refractivity contribution is 5.67. The zero-order chi connectivity index (χ0) is 10.4. The summed E-state index contributed by atoms with van der Waals surface area (Å²) in [5.74, 6) is 0.553. The van der Waals surface area contributed by atoms with Gasteiger partial charge in [-0.1, -0.05) is 69.3 Å². The fraction of sp³-hybridized carbons (Fsp3) is 0.286. The summed E-state index contributed by atoms with van der Waals surface area (Å²) >= 11 is 0. The molecule has 74 valence electrons. The molecule has 0 heteroatoms. The minimum atomic E-state index is 0.553. The summed E-state index contributed by atoms with van der Waals surface area (Å²) < 4.78 is 0. The predicted octanol–water partition coefficient (Wildman–Crippen LogP) is 4.39. The largest absolute Gasteiger partial charge is 0.0773 e. The molecule has 0 aromatic heterocycles. The van der Waals surface area contributed by atoms with E-state index in [-0.39, 0.29) is 0 Å². The Morgan fingerprint density at radius 2 is 1.29 bits per heavy atom. The van der Waals surface area contributed by atoms with Gasteiger partial charge in [0.1, 0.15) is 0 Å². The SMILES string of the molecule is CC.CC1C=Cc2ccccc2C=C1. The molecule has 0 bridgehead atoms. The van der Waals surface area contributed by atoms with Crippen LogP contribution in [0.3, 0.4) is 0 Å². The highest BCUT2D eigenvalue weighted by Crippen LogP contribution is 2.18. The Bertz CT molecular complexity index is 299. The zero-order valence-electron chi connectivity index (χ0n) is 9.20. The van der Waals surface area contributed by atoms with Crippen LogP contribution in [-0.4, -0.2) is 0 Å². The van der Waals surface area contributed by atoms with Crippen LogP contribution in [0, 0.1) is 5.92 Å². The smallest absolute Gasteiger partial charge is 0.00752 e. The van der Waals surface area contributed by atoms with E-state index in [0.717, 1.165) is 0 Å². The lowest BCUT2D eigenvalue weighted by molar-refractivity contribution is 0.954. The average Bonchev–Trinajstić information content (AvgIpc) is 2.45. The predicted molar refractivity (Wildman–Crippen MR) is 65.0 cm³/mol. The lowest BCUT2D eigenvalue weighted by atomic mass is 10.1. The summed E-state index contributed by atoms with van der Waals surface area (Å²) in [6.07, 6.45) is 8.84. The normalized spacial score (nSPS) is 13.9. The maximum absolute atomic E-state index is 2.22. The summed E-state index contributed by atoms with van der Waals surface area (Å²) in [5.41, 5.74) is 2.64. The van der Waals surface area contributed by atoms with Crippen LogP contribution >= 0.6 is 0 Å². The molecule has 0 nitrogen and oxygen atoms in total. The second-order valence-electron chi connectivity index (χ2n) is 3.21. The quantitative estimate of drug-likeness (QED) is 0.563. The van der Waals surface area contributed by atoms with Crippen molar-refractivity contribution in [3.8, 4) is 0 Å². The molecule has 1 aromatic rings. The van der Waals surface area contributed by atoms with Crippen molar-refractivity contribution in [2.45, 2.75) is 20.8 Å². The zero-order valence-corrected chi connectivity index (χ0v) is 9.20. The fourth-order valence-electron chi connectivity index (χ4n) is 1.39. The van der Waals surface area contributed by atoms with Crippen molar-refractivity contribution in [3.05, 3.63) is 47.5 Å². The number of fused-ring (bicyclic) bond motifs is 1. The molecule has 0 heterocycles. The van der Waals surface area contributed by atoms with Crippen LogP contribution in [-0.2, 0) is 0 Å². The summed E-state index contributed by atoms with van der Waals surface area (Å²) in [6.45, 7) is 6.19. The van der Waals surface area contributed by atoms with Crippen molar-refractivity contribution in [2.75, 3.05) is 0 Å². The van der Waals surface area contributed by atoms with Gasteiger partial charge < -0.3 is 0 Å². The van der Waals surface area contributed by atoms with Crippen LogP contribution in [0.15, 0.2) is 36.4 Å². The molecule has 0 aliphatic heterocycles. The molecule has 14 heavy (non-hydrogen) atoms. The molecular formula is C14H18. The Labute approximate surface area is 87.0 Å². The van der Waals surface area contributed by atoms with Crippen molar-refractivity contribution in [3.63, 3.8) is 0 Å². The molecule has 0 atom stereocenters. The van der Waals surface area contributed by atoms with Crippen LogP contribution in [0.4, 0.5) is 0 Å². The first-order valence-corrected chi connectivity index (χ1v) is 5.32. The van der Waals surface area contributed by atoms with E-state index in [1.54, 1.807) is 0 Å². The first-order chi connectivity index (χ1) is 6.86. The van der Waals surface area contributed by atoms with Crippen molar-refractivity contribution >= 4 is 12.2 Å².